The zero-order valence-corrected chi connectivity index (χ0v) is 15.8. The van der Waals surface area contributed by atoms with Gasteiger partial charge >= 0.3 is 6.97 Å². The molecule has 7 rings (SSSR count). The molecule has 0 atom stereocenters. The number of para-hydroxylation sites is 1. The Morgan fingerprint density at radius 2 is 1.33 bits per heavy atom. The molecular formula is C24H14BF2N3. The number of benzene rings is 4. The zero-order valence-electron chi connectivity index (χ0n) is 15.8. The maximum absolute atomic E-state index is 16.1. The summed E-state index contributed by atoms with van der Waals surface area (Å²) in [5.41, 5.74) is 2.09. The van der Waals surface area contributed by atoms with Gasteiger partial charge in [0.25, 0.3) is 0 Å². The predicted molar refractivity (Wildman–Crippen MR) is 117 cm³/mol. The van der Waals surface area contributed by atoms with E-state index in [2.05, 4.69) is 0 Å². The number of fused-ring (bicyclic) bond motifs is 12. The van der Waals surface area contributed by atoms with Crippen LogP contribution in [0.3, 0.4) is 0 Å². The van der Waals surface area contributed by atoms with E-state index >= 15 is 8.63 Å². The molecule has 3 heterocycles. The van der Waals surface area contributed by atoms with E-state index in [1.54, 1.807) is 18.2 Å². The number of halogens is 2. The summed E-state index contributed by atoms with van der Waals surface area (Å²) in [4.78, 5) is 4.79. The van der Waals surface area contributed by atoms with Crippen molar-refractivity contribution in [2.45, 2.75) is 0 Å². The Bertz CT molecular complexity index is 1690. The van der Waals surface area contributed by atoms with Gasteiger partial charge in [0.2, 0.25) is 0 Å². The second kappa shape index (κ2) is 5.22. The van der Waals surface area contributed by atoms with Gasteiger partial charge < -0.3 is 17.6 Å². The maximum atomic E-state index is 16.1. The van der Waals surface area contributed by atoms with Crippen LogP contribution in [0.25, 0.3) is 55.0 Å². The van der Waals surface area contributed by atoms with Crippen molar-refractivity contribution < 1.29 is 13.1 Å². The van der Waals surface area contributed by atoms with Crippen LogP contribution in [0, 0.1) is 0 Å². The van der Waals surface area contributed by atoms with E-state index in [-0.39, 0.29) is 0 Å². The van der Waals surface area contributed by atoms with Crippen molar-refractivity contribution in [3.8, 4) is 11.5 Å². The van der Waals surface area contributed by atoms with Crippen molar-refractivity contribution in [1.29, 1.82) is 0 Å². The maximum Gasteiger partial charge on any atom is 0.739 e. The highest BCUT2D eigenvalue weighted by Gasteiger charge is 2.54. The summed E-state index contributed by atoms with van der Waals surface area (Å²) in [6.45, 7) is -4.09. The van der Waals surface area contributed by atoms with Gasteiger partial charge in [-0.3, -0.25) is 0 Å². The van der Waals surface area contributed by atoms with E-state index in [1.165, 1.54) is 8.96 Å². The Kier molecular flexibility index (Phi) is 2.79. The number of nitrogens with zero attached hydrogens (tertiary/aromatic N) is 3. The number of rotatable bonds is 0. The van der Waals surface area contributed by atoms with Crippen LogP contribution in [0.15, 0.2) is 84.9 Å². The molecule has 0 bridgehead atoms. The van der Waals surface area contributed by atoms with Crippen LogP contribution in [-0.2, 0) is 0 Å². The highest BCUT2D eigenvalue weighted by atomic mass is 19.2. The molecule has 1 aliphatic heterocycles. The summed E-state index contributed by atoms with van der Waals surface area (Å²) in [5, 5.41) is 4.46. The van der Waals surface area contributed by atoms with Crippen LogP contribution in [0.5, 0.6) is 0 Å². The lowest BCUT2D eigenvalue weighted by Crippen LogP contribution is -2.60. The van der Waals surface area contributed by atoms with Gasteiger partial charge in [0.05, 0.1) is 5.52 Å². The molecule has 0 amide bonds. The van der Waals surface area contributed by atoms with E-state index in [4.69, 9.17) is 4.98 Å². The number of pyridine rings is 1. The van der Waals surface area contributed by atoms with Crippen LogP contribution in [0.1, 0.15) is 0 Å². The van der Waals surface area contributed by atoms with Crippen molar-refractivity contribution in [1.82, 2.24) is 9.46 Å². The largest absolute Gasteiger partial charge is 0.739 e. The van der Waals surface area contributed by atoms with E-state index in [0.29, 0.717) is 28.1 Å². The molecule has 1 aliphatic rings. The molecule has 0 unspecified atom stereocenters. The van der Waals surface area contributed by atoms with E-state index in [1.807, 2.05) is 66.7 Å². The smallest absolute Gasteiger partial charge is 0.389 e. The van der Waals surface area contributed by atoms with Gasteiger partial charge in [0, 0.05) is 33.8 Å². The molecule has 0 aliphatic carbocycles. The molecule has 142 valence electrons. The van der Waals surface area contributed by atoms with Gasteiger partial charge in [0.15, 0.2) is 17.0 Å². The topological polar surface area (TPSA) is 21.7 Å². The lowest BCUT2D eigenvalue weighted by atomic mass is 9.94. The fourth-order valence-corrected chi connectivity index (χ4v) is 5.07. The van der Waals surface area contributed by atoms with Crippen molar-refractivity contribution in [3.05, 3.63) is 84.9 Å². The highest BCUT2D eigenvalue weighted by Crippen LogP contribution is 2.41. The summed E-state index contributed by atoms with van der Waals surface area (Å²) in [7, 11) is 0. The highest BCUT2D eigenvalue weighted by molar-refractivity contribution is 6.59. The average Bonchev–Trinajstić information content (AvgIpc) is 3.29. The molecular weight excluding hydrogens is 379 g/mol. The molecule has 2 aromatic heterocycles. The quantitative estimate of drug-likeness (QED) is 0.246. The summed E-state index contributed by atoms with van der Waals surface area (Å²) in [6.07, 6.45) is 0. The summed E-state index contributed by atoms with van der Waals surface area (Å²) < 4.78 is 34.5. The summed E-state index contributed by atoms with van der Waals surface area (Å²) >= 11 is 0. The van der Waals surface area contributed by atoms with Crippen molar-refractivity contribution in [3.63, 3.8) is 0 Å². The third kappa shape index (κ3) is 1.75. The SMILES string of the molecule is F[B-]1(F)n2c(nc3c4ccccc4c4ccccc4c32)-c2ccc3ccccc3[n+]21. The third-order valence-electron chi connectivity index (χ3n) is 6.29. The molecule has 0 radical (unpaired) electrons. The van der Waals surface area contributed by atoms with Crippen LogP contribution < -0.4 is 4.48 Å². The van der Waals surface area contributed by atoms with Crippen molar-refractivity contribution in [2.75, 3.05) is 0 Å². The van der Waals surface area contributed by atoms with E-state index in [9.17, 15) is 0 Å². The normalized spacial score (nSPS) is 14.6. The minimum atomic E-state index is -4.09. The summed E-state index contributed by atoms with van der Waals surface area (Å²) in [5.74, 6) is 0.322. The van der Waals surface area contributed by atoms with Gasteiger partial charge in [0.1, 0.15) is 0 Å². The van der Waals surface area contributed by atoms with E-state index < -0.39 is 6.97 Å². The van der Waals surface area contributed by atoms with Crippen LogP contribution in [0.2, 0.25) is 0 Å². The minimum absolute atomic E-state index is 0.322. The second-order valence-electron chi connectivity index (χ2n) is 7.83. The second-order valence-corrected chi connectivity index (χ2v) is 7.83. The molecule has 4 aromatic carbocycles. The molecule has 0 fully saturated rings. The first-order valence-electron chi connectivity index (χ1n) is 9.94. The van der Waals surface area contributed by atoms with Crippen molar-refractivity contribution in [2.24, 2.45) is 0 Å². The first kappa shape index (κ1) is 16.1. The fraction of sp³-hybridized carbons (Fsp3) is 0. The van der Waals surface area contributed by atoms with Crippen molar-refractivity contribution >= 4 is 50.5 Å². The Morgan fingerprint density at radius 3 is 2.13 bits per heavy atom. The lowest BCUT2D eigenvalue weighted by Gasteiger charge is -2.18. The molecule has 0 spiro atoms. The molecule has 0 saturated carbocycles. The Hall–Kier alpha value is -3.80. The molecule has 3 nitrogen and oxygen atoms in total. The molecule has 6 aromatic rings. The minimum Gasteiger partial charge on any atom is -0.389 e. The average molecular weight is 393 g/mol. The van der Waals surface area contributed by atoms with E-state index in [0.717, 1.165) is 26.9 Å². The number of hydrogen-bond acceptors (Lipinski definition) is 1. The van der Waals surface area contributed by atoms with Gasteiger partial charge in [-0.15, -0.1) is 0 Å². The number of aromatic nitrogens is 3. The zero-order chi connectivity index (χ0) is 20.0. The van der Waals surface area contributed by atoms with Crippen LogP contribution in [0.4, 0.5) is 8.63 Å². The monoisotopic (exact) mass is 393 g/mol. The molecule has 0 saturated heterocycles. The molecule has 6 heteroatoms. The first-order valence-corrected chi connectivity index (χ1v) is 9.94. The Labute approximate surface area is 169 Å². The van der Waals surface area contributed by atoms with Gasteiger partial charge in [-0.25, -0.2) is 4.98 Å². The van der Waals surface area contributed by atoms with Crippen LogP contribution >= 0.6 is 0 Å². The Morgan fingerprint density at radius 1 is 0.700 bits per heavy atom. The third-order valence-corrected chi connectivity index (χ3v) is 6.29. The van der Waals surface area contributed by atoms with Crippen LogP contribution in [-0.4, -0.2) is 16.4 Å². The molecule has 30 heavy (non-hydrogen) atoms. The Balaban J connectivity index is 1.75. The predicted octanol–water partition coefficient (Wildman–Crippen LogP) is 5.53. The van der Waals surface area contributed by atoms with Gasteiger partial charge in [-0.1, -0.05) is 60.7 Å². The number of hydrogen-bond donors (Lipinski definition) is 0. The molecule has 0 N–H and O–H groups in total. The lowest BCUT2D eigenvalue weighted by molar-refractivity contribution is -0.522. The standard InChI is InChI=1S/C24H14BF2N3/c26-25(27)29-20-12-6-1-7-15(20)13-14-21(29)24-28-22-18-10-4-2-8-16(18)17-9-3-5-11-19(17)23(22)30(24)25/h1-14H. The van der Waals surface area contributed by atoms with Gasteiger partial charge in [-0.05, 0) is 22.9 Å². The first-order chi connectivity index (χ1) is 14.7. The fourth-order valence-electron chi connectivity index (χ4n) is 5.07. The number of imidazole rings is 1. The summed E-state index contributed by atoms with van der Waals surface area (Å²) in [6, 6.07) is 26.6. The van der Waals surface area contributed by atoms with Gasteiger partial charge in [-0.2, -0.15) is 0 Å².